The van der Waals surface area contributed by atoms with Gasteiger partial charge in [-0.2, -0.15) is 0 Å². The van der Waals surface area contributed by atoms with Crippen LogP contribution in [-0.4, -0.2) is 17.0 Å². The maximum Gasteiger partial charge on any atom is 0.305 e. The summed E-state index contributed by atoms with van der Waals surface area (Å²) in [6.45, 7) is 0. The third-order valence-electron chi connectivity index (χ3n) is 5.94. The predicted octanol–water partition coefficient (Wildman–Crippen LogP) is 2.61. The number of amides is 1. The van der Waals surface area contributed by atoms with E-state index in [1.807, 2.05) is 30.3 Å². The summed E-state index contributed by atoms with van der Waals surface area (Å²) in [6, 6.07) is 8.98. The van der Waals surface area contributed by atoms with Crippen molar-refractivity contribution in [2.75, 3.05) is 0 Å². The minimum absolute atomic E-state index is 0.0648. The fourth-order valence-electron chi connectivity index (χ4n) is 5.06. The molecule has 4 rings (SSSR count). The monoisotopic (exact) mass is 299 g/mol. The average Bonchev–Trinajstić information content (AvgIpc) is 2.95. The van der Waals surface area contributed by atoms with Crippen molar-refractivity contribution < 1.29 is 14.7 Å². The first-order chi connectivity index (χ1) is 10.6. The number of carbonyl (C=O) groups is 2. The molecule has 0 radical (unpaired) electrons. The van der Waals surface area contributed by atoms with E-state index in [-0.39, 0.29) is 18.2 Å². The van der Waals surface area contributed by atoms with Crippen LogP contribution in [-0.2, 0) is 9.59 Å². The van der Waals surface area contributed by atoms with Crippen molar-refractivity contribution >= 4 is 11.9 Å². The Morgan fingerprint density at radius 3 is 2.36 bits per heavy atom. The summed E-state index contributed by atoms with van der Waals surface area (Å²) in [4.78, 5) is 23.7. The second-order valence-corrected chi connectivity index (χ2v) is 7.08. The van der Waals surface area contributed by atoms with Gasteiger partial charge in [-0.25, -0.2) is 0 Å². The SMILES string of the molecule is O=C(O)CC(NC(=O)C1C2C3CCC(C3)C12)c1ccccc1. The number of carbonyl (C=O) groups excluding carboxylic acids is 1. The highest BCUT2D eigenvalue weighted by Crippen LogP contribution is 2.69. The van der Waals surface area contributed by atoms with Crippen LogP contribution in [0.3, 0.4) is 0 Å². The Balaban J connectivity index is 1.46. The summed E-state index contributed by atoms with van der Waals surface area (Å²) in [5.41, 5.74) is 0.868. The van der Waals surface area contributed by atoms with Crippen LogP contribution in [0, 0.1) is 29.6 Å². The Labute approximate surface area is 129 Å². The molecule has 1 aromatic carbocycles. The van der Waals surface area contributed by atoms with Crippen LogP contribution in [0.1, 0.15) is 37.3 Å². The summed E-state index contributed by atoms with van der Waals surface area (Å²) >= 11 is 0. The van der Waals surface area contributed by atoms with Gasteiger partial charge in [-0.1, -0.05) is 30.3 Å². The van der Waals surface area contributed by atoms with Crippen molar-refractivity contribution in [3.8, 4) is 0 Å². The zero-order valence-electron chi connectivity index (χ0n) is 12.4. The van der Waals surface area contributed by atoms with E-state index in [1.165, 1.54) is 19.3 Å². The van der Waals surface area contributed by atoms with E-state index in [9.17, 15) is 9.59 Å². The molecule has 1 amide bonds. The number of fused-ring (bicyclic) bond motifs is 5. The second kappa shape index (κ2) is 5.11. The van der Waals surface area contributed by atoms with Crippen LogP contribution >= 0.6 is 0 Å². The lowest BCUT2D eigenvalue weighted by Gasteiger charge is -2.18. The lowest BCUT2D eigenvalue weighted by Crippen LogP contribution is -2.33. The Morgan fingerprint density at radius 2 is 1.77 bits per heavy atom. The number of carboxylic acids is 1. The van der Waals surface area contributed by atoms with Gasteiger partial charge < -0.3 is 10.4 Å². The molecule has 0 heterocycles. The molecule has 2 N–H and O–H groups in total. The van der Waals surface area contributed by atoms with Gasteiger partial charge in [0.15, 0.2) is 0 Å². The standard InChI is InChI=1S/C18H21NO3/c20-14(21)9-13(10-4-2-1-3-5-10)19-18(22)17-15-11-6-7-12(8-11)16(15)17/h1-5,11-13,15-17H,6-9H2,(H,19,22)(H,20,21). The Hall–Kier alpha value is -1.84. The van der Waals surface area contributed by atoms with E-state index in [0.717, 1.165) is 17.4 Å². The summed E-state index contributed by atoms with van der Waals surface area (Å²) < 4.78 is 0. The molecule has 1 aromatic rings. The molecule has 5 unspecified atom stereocenters. The van der Waals surface area contributed by atoms with Crippen molar-refractivity contribution in [2.45, 2.75) is 31.7 Å². The van der Waals surface area contributed by atoms with Crippen molar-refractivity contribution in [2.24, 2.45) is 29.6 Å². The smallest absolute Gasteiger partial charge is 0.305 e. The first-order valence-electron chi connectivity index (χ1n) is 8.22. The summed E-state index contributed by atoms with van der Waals surface area (Å²) in [5, 5.41) is 12.1. The molecule has 3 aliphatic rings. The van der Waals surface area contributed by atoms with Crippen LogP contribution < -0.4 is 5.32 Å². The van der Waals surface area contributed by atoms with Gasteiger partial charge in [-0.3, -0.25) is 9.59 Å². The highest BCUT2D eigenvalue weighted by Gasteiger charge is 2.67. The van der Waals surface area contributed by atoms with Gasteiger partial charge in [0.05, 0.1) is 12.5 Å². The fourth-order valence-corrected chi connectivity index (χ4v) is 5.06. The molecule has 3 aliphatic carbocycles. The summed E-state index contributed by atoms with van der Waals surface area (Å²) in [7, 11) is 0. The average molecular weight is 299 g/mol. The lowest BCUT2D eigenvalue weighted by atomic mass is 10.00. The second-order valence-electron chi connectivity index (χ2n) is 7.08. The number of benzene rings is 1. The number of hydrogen-bond acceptors (Lipinski definition) is 2. The number of nitrogens with one attached hydrogen (secondary N) is 1. The highest BCUT2D eigenvalue weighted by atomic mass is 16.4. The molecule has 4 nitrogen and oxygen atoms in total. The van der Waals surface area contributed by atoms with Crippen molar-refractivity contribution in [3.63, 3.8) is 0 Å². The normalized spacial score (nSPS) is 35.7. The van der Waals surface area contributed by atoms with Crippen molar-refractivity contribution in [1.82, 2.24) is 5.32 Å². The molecule has 0 aliphatic heterocycles. The Morgan fingerprint density at radius 1 is 1.14 bits per heavy atom. The molecular weight excluding hydrogens is 278 g/mol. The summed E-state index contributed by atoms with van der Waals surface area (Å²) in [5.74, 6) is 2.00. The first-order valence-corrected chi connectivity index (χ1v) is 8.22. The van der Waals surface area contributed by atoms with Gasteiger partial charge in [0, 0.05) is 5.92 Å². The van der Waals surface area contributed by atoms with E-state index in [2.05, 4.69) is 5.32 Å². The van der Waals surface area contributed by atoms with E-state index in [4.69, 9.17) is 5.11 Å². The number of aliphatic carboxylic acids is 1. The van der Waals surface area contributed by atoms with Gasteiger partial charge >= 0.3 is 5.97 Å². The minimum Gasteiger partial charge on any atom is -0.481 e. The third kappa shape index (κ3) is 2.21. The highest BCUT2D eigenvalue weighted by molar-refractivity contribution is 5.83. The fraction of sp³-hybridized carbons (Fsp3) is 0.556. The largest absolute Gasteiger partial charge is 0.481 e. The van der Waals surface area contributed by atoms with Crippen LogP contribution in [0.25, 0.3) is 0 Å². The van der Waals surface area contributed by atoms with E-state index in [1.54, 1.807) is 0 Å². The molecule has 3 fully saturated rings. The van der Waals surface area contributed by atoms with Gasteiger partial charge in [0.1, 0.15) is 0 Å². The van der Waals surface area contributed by atoms with Gasteiger partial charge in [-0.05, 0) is 48.5 Å². The Bertz CT molecular complexity index is 584. The molecule has 5 atom stereocenters. The zero-order chi connectivity index (χ0) is 15.3. The van der Waals surface area contributed by atoms with E-state index < -0.39 is 12.0 Å². The first kappa shape index (κ1) is 13.8. The maximum atomic E-state index is 12.6. The van der Waals surface area contributed by atoms with Crippen LogP contribution in [0.15, 0.2) is 30.3 Å². The number of carboxylic acid groups (broad SMARTS) is 1. The van der Waals surface area contributed by atoms with E-state index in [0.29, 0.717) is 11.8 Å². The molecule has 4 heteroatoms. The van der Waals surface area contributed by atoms with Gasteiger partial charge in [-0.15, -0.1) is 0 Å². The van der Waals surface area contributed by atoms with Crippen molar-refractivity contribution in [1.29, 1.82) is 0 Å². The molecule has 22 heavy (non-hydrogen) atoms. The third-order valence-corrected chi connectivity index (χ3v) is 5.94. The number of rotatable bonds is 5. The quantitative estimate of drug-likeness (QED) is 0.878. The molecule has 0 aromatic heterocycles. The van der Waals surface area contributed by atoms with Crippen LogP contribution in [0.5, 0.6) is 0 Å². The van der Waals surface area contributed by atoms with Crippen molar-refractivity contribution in [3.05, 3.63) is 35.9 Å². The zero-order valence-corrected chi connectivity index (χ0v) is 12.4. The Kier molecular flexibility index (Phi) is 3.21. The topological polar surface area (TPSA) is 66.4 Å². The molecule has 2 bridgehead atoms. The molecule has 116 valence electrons. The molecule has 0 spiro atoms. The predicted molar refractivity (Wildman–Crippen MR) is 80.9 cm³/mol. The van der Waals surface area contributed by atoms with Crippen LogP contribution in [0.4, 0.5) is 0 Å². The summed E-state index contributed by atoms with van der Waals surface area (Å²) in [6.07, 6.45) is 3.82. The maximum absolute atomic E-state index is 12.6. The minimum atomic E-state index is -0.884. The molecule has 3 saturated carbocycles. The lowest BCUT2D eigenvalue weighted by molar-refractivity contribution is -0.137. The number of hydrogen-bond donors (Lipinski definition) is 2. The van der Waals surface area contributed by atoms with Gasteiger partial charge in [0.25, 0.3) is 0 Å². The van der Waals surface area contributed by atoms with E-state index >= 15 is 0 Å². The molecule has 0 saturated heterocycles. The molecular formula is C18H21NO3. The van der Waals surface area contributed by atoms with Crippen LogP contribution in [0.2, 0.25) is 0 Å². The van der Waals surface area contributed by atoms with Gasteiger partial charge in [0.2, 0.25) is 5.91 Å².